The van der Waals surface area contributed by atoms with Crippen LogP contribution in [0.15, 0.2) is 35.9 Å². The zero-order valence-corrected chi connectivity index (χ0v) is 24.9. The summed E-state index contributed by atoms with van der Waals surface area (Å²) in [5, 5.41) is 0. The van der Waals surface area contributed by atoms with Crippen LogP contribution in [-0.2, 0) is 4.74 Å². The number of carbonyl (C=O) groups excluding carboxylic acids is 1. The Labute approximate surface area is 232 Å². The van der Waals surface area contributed by atoms with E-state index in [0.29, 0.717) is 11.2 Å². The van der Waals surface area contributed by atoms with Gasteiger partial charge in [-0.1, -0.05) is 77.7 Å². The van der Waals surface area contributed by atoms with Crippen LogP contribution in [0.25, 0.3) is 0 Å². The number of rotatable bonds is 7. The molecule has 3 fully saturated rings. The lowest BCUT2D eigenvalue weighted by atomic mass is 9.47. The van der Waals surface area contributed by atoms with Crippen LogP contribution < -0.4 is 4.74 Å². The number of benzene rings is 1. The molecule has 0 radical (unpaired) electrons. The van der Waals surface area contributed by atoms with E-state index in [1.54, 1.807) is 5.57 Å². The molecule has 210 valence electrons. The molecular weight excluding hydrogens is 468 g/mol. The summed E-state index contributed by atoms with van der Waals surface area (Å²) in [4.78, 5) is 12.5. The third-order valence-electron chi connectivity index (χ3n) is 11.7. The summed E-state index contributed by atoms with van der Waals surface area (Å²) in [5.74, 6) is 5.65. The summed E-state index contributed by atoms with van der Waals surface area (Å²) >= 11 is 0. The first kappa shape index (κ1) is 27.8. The maximum atomic E-state index is 12.5. The molecule has 1 aromatic carbocycles. The van der Waals surface area contributed by atoms with Gasteiger partial charge in [0.2, 0.25) is 0 Å². The van der Waals surface area contributed by atoms with Crippen LogP contribution in [0.5, 0.6) is 5.75 Å². The van der Waals surface area contributed by atoms with Gasteiger partial charge in [-0.2, -0.15) is 0 Å². The minimum atomic E-state index is -0.563. The summed E-state index contributed by atoms with van der Waals surface area (Å²) < 4.78 is 11.3. The lowest BCUT2D eigenvalue weighted by molar-refractivity contribution is -0.0597. The highest BCUT2D eigenvalue weighted by molar-refractivity contribution is 5.64. The van der Waals surface area contributed by atoms with Gasteiger partial charge >= 0.3 is 6.16 Å². The number of aryl methyl sites for hydroxylation is 1. The van der Waals surface area contributed by atoms with Gasteiger partial charge in [-0.3, -0.25) is 0 Å². The molecule has 0 saturated heterocycles. The minimum absolute atomic E-state index is 0.0698. The van der Waals surface area contributed by atoms with E-state index in [4.69, 9.17) is 9.47 Å². The number of ether oxygens (including phenoxy) is 2. The maximum absolute atomic E-state index is 12.5. The predicted molar refractivity (Wildman–Crippen MR) is 155 cm³/mol. The molecule has 0 aromatic heterocycles. The van der Waals surface area contributed by atoms with Crippen molar-refractivity contribution < 1.29 is 14.3 Å². The van der Waals surface area contributed by atoms with Crippen molar-refractivity contribution in [2.24, 2.45) is 46.3 Å². The van der Waals surface area contributed by atoms with Gasteiger partial charge in [0.05, 0.1) is 0 Å². The molecule has 3 nitrogen and oxygen atoms in total. The zero-order chi connectivity index (χ0) is 27.1. The number of hydrogen-bond acceptors (Lipinski definition) is 3. The molecule has 0 bridgehead atoms. The van der Waals surface area contributed by atoms with Crippen molar-refractivity contribution in [3.05, 3.63) is 41.5 Å². The highest BCUT2D eigenvalue weighted by atomic mass is 16.7. The Hall–Kier alpha value is -1.77. The summed E-state index contributed by atoms with van der Waals surface area (Å²) in [6, 6.07) is 7.59. The van der Waals surface area contributed by atoms with Crippen LogP contribution >= 0.6 is 0 Å². The maximum Gasteiger partial charge on any atom is 0.514 e. The van der Waals surface area contributed by atoms with Crippen molar-refractivity contribution in [3.63, 3.8) is 0 Å². The molecule has 0 aliphatic heterocycles. The van der Waals surface area contributed by atoms with Crippen molar-refractivity contribution in [2.75, 3.05) is 0 Å². The van der Waals surface area contributed by atoms with Crippen molar-refractivity contribution in [2.45, 2.75) is 118 Å². The summed E-state index contributed by atoms with van der Waals surface area (Å²) in [7, 11) is 0. The minimum Gasteiger partial charge on any atom is -0.430 e. The zero-order valence-electron chi connectivity index (χ0n) is 24.9. The number of fused-ring (bicyclic) bond motifs is 5. The summed E-state index contributed by atoms with van der Waals surface area (Å²) in [6.45, 7) is 14.5. The van der Waals surface area contributed by atoms with Crippen LogP contribution in [0.4, 0.5) is 4.79 Å². The summed E-state index contributed by atoms with van der Waals surface area (Å²) in [5.41, 5.74) is 3.42. The number of allylic oxidation sites excluding steroid dienone is 1. The molecule has 3 heteroatoms. The van der Waals surface area contributed by atoms with Gasteiger partial charge in [0.25, 0.3) is 0 Å². The Bertz CT molecular complexity index is 1030. The van der Waals surface area contributed by atoms with Gasteiger partial charge in [0.15, 0.2) is 0 Å². The Morgan fingerprint density at radius 2 is 1.84 bits per heavy atom. The molecule has 0 amide bonds. The van der Waals surface area contributed by atoms with E-state index in [1.165, 1.54) is 51.4 Å². The highest BCUT2D eigenvalue weighted by Crippen LogP contribution is 2.67. The van der Waals surface area contributed by atoms with Gasteiger partial charge in [0, 0.05) is 6.42 Å². The topological polar surface area (TPSA) is 35.5 Å². The fourth-order valence-electron chi connectivity index (χ4n) is 9.69. The van der Waals surface area contributed by atoms with Crippen molar-refractivity contribution in [1.29, 1.82) is 0 Å². The highest BCUT2D eigenvalue weighted by Gasteiger charge is 2.59. The molecule has 8 atom stereocenters. The quantitative estimate of drug-likeness (QED) is 0.204. The molecule has 0 unspecified atom stereocenters. The fourth-order valence-corrected chi connectivity index (χ4v) is 9.69. The van der Waals surface area contributed by atoms with Gasteiger partial charge in [-0.05, 0) is 116 Å². The molecule has 0 spiro atoms. The first-order chi connectivity index (χ1) is 18.1. The lowest BCUT2D eigenvalue weighted by Gasteiger charge is -2.58. The molecule has 4 aliphatic rings. The molecule has 0 N–H and O–H groups in total. The average Bonchev–Trinajstić information content (AvgIpc) is 3.21. The van der Waals surface area contributed by atoms with E-state index in [-0.39, 0.29) is 11.5 Å². The molecular formula is C35H52O3. The van der Waals surface area contributed by atoms with Crippen molar-refractivity contribution in [3.8, 4) is 5.75 Å². The van der Waals surface area contributed by atoms with E-state index in [1.807, 2.05) is 31.2 Å². The van der Waals surface area contributed by atoms with Crippen molar-refractivity contribution >= 4 is 6.16 Å². The molecule has 3 saturated carbocycles. The monoisotopic (exact) mass is 520 g/mol. The molecule has 5 rings (SSSR count). The summed E-state index contributed by atoms with van der Waals surface area (Å²) in [6.07, 6.45) is 16.0. The molecule has 0 heterocycles. The number of carbonyl (C=O) groups is 1. The van der Waals surface area contributed by atoms with Crippen LogP contribution in [0.3, 0.4) is 0 Å². The molecule has 1 aromatic rings. The second-order valence-electron chi connectivity index (χ2n) is 14.4. The largest absolute Gasteiger partial charge is 0.514 e. The van der Waals surface area contributed by atoms with Crippen LogP contribution in [0.2, 0.25) is 0 Å². The van der Waals surface area contributed by atoms with E-state index < -0.39 is 6.16 Å². The Morgan fingerprint density at radius 3 is 2.61 bits per heavy atom. The van der Waals surface area contributed by atoms with Gasteiger partial charge in [0.1, 0.15) is 11.9 Å². The van der Waals surface area contributed by atoms with E-state index in [2.05, 4.69) is 40.7 Å². The van der Waals surface area contributed by atoms with Crippen LogP contribution in [0.1, 0.15) is 111 Å². The van der Waals surface area contributed by atoms with E-state index in [0.717, 1.165) is 60.3 Å². The van der Waals surface area contributed by atoms with Gasteiger partial charge in [-0.15, -0.1) is 0 Å². The van der Waals surface area contributed by atoms with Gasteiger partial charge < -0.3 is 9.47 Å². The average molecular weight is 521 g/mol. The molecule has 4 aliphatic carbocycles. The first-order valence-corrected chi connectivity index (χ1v) is 15.7. The van der Waals surface area contributed by atoms with E-state index in [9.17, 15) is 4.79 Å². The Morgan fingerprint density at radius 1 is 1.03 bits per heavy atom. The SMILES string of the molecule is Cc1cccc(OC(=O)O[C@H]2CC[C@@]3(C)C(=CC[C@@H]4[C@H]5CC[C@@H]([C@H](C)CCCC(C)C)[C@@]5(C)CC[C@H]43)C2)c1. The second kappa shape index (κ2) is 11.0. The fraction of sp³-hybridized carbons (Fsp3) is 0.743. The first-order valence-electron chi connectivity index (χ1n) is 15.7. The third kappa shape index (κ3) is 5.33. The van der Waals surface area contributed by atoms with Gasteiger partial charge in [-0.25, -0.2) is 4.79 Å². The van der Waals surface area contributed by atoms with E-state index >= 15 is 0 Å². The predicted octanol–water partition coefficient (Wildman–Crippen LogP) is 9.92. The van der Waals surface area contributed by atoms with Crippen LogP contribution in [-0.4, -0.2) is 12.3 Å². The standard InChI is InChI=1S/C35H52O3/c1-23(2)9-7-11-25(4)30-15-16-31-29-14-13-26-22-28(38-33(36)37-27-12-8-10-24(3)21-27)17-19-34(26,5)32(29)18-20-35(30,31)6/h8,10,12-13,21,23,25,28-32H,7,9,11,14-20,22H2,1-6H3/t25-,28+,29-,30+,31-,32-,34+,35-/m1/s1. The Balaban J connectivity index is 1.22. The lowest BCUT2D eigenvalue weighted by Crippen LogP contribution is -2.51. The van der Waals surface area contributed by atoms with Crippen LogP contribution in [0, 0.1) is 53.3 Å². The molecule has 38 heavy (non-hydrogen) atoms. The Kier molecular flexibility index (Phi) is 8.05. The smallest absolute Gasteiger partial charge is 0.430 e. The second-order valence-corrected chi connectivity index (χ2v) is 14.4. The number of hydrogen-bond donors (Lipinski definition) is 0. The van der Waals surface area contributed by atoms with Crippen molar-refractivity contribution in [1.82, 2.24) is 0 Å². The third-order valence-corrected chi connectivity index (χ3v) is 11.7. The normalized spacial score (nSPS) is 37.0.